The molecule has 0 bridgehead atoms. The van der Waals surface area contributed by atoms with Crippen molar-refractivity contribution >= 4 is 18.5 Å². The van der Waals surface area contributed by atoms with Crippen molar-refractivity contribution in [2.45, 2.75) is 58.6 Å². The van der Waals surface area contributed by atoms with E-state index in [1.54, 1.807) is 0 Å². The molecule has 0 aromatic carbocycles. The van der Waals surface area contributed by atoms with Crippen LogP contribution >= 0.6 is 12.4 Å². The molecule has 0 radical (unpaired) electrons. The van der Waals surface area contributed by atoms with Gasteiger partial charge in [-0.05, 0) is 52.9 Å². The fourth-order valence-corrected chi connectivity index (χ4v) is 2.20. The van der Waals surface area contributed by atoms with Gasteiger partial charge in [-0.3, -0.25) is 0 Å². The fourth-order valence-electron chi connectivity index (χ4n) is 2.20. The van der Waals surface area contributed by atoms with Crippen molar-refractivity contribution in [3.63, 3.8) is 0 Å². The first-order valence-electron chi connectivity index (χ1n) is 6.51. The maximum atomic E-state index is 11.8. The molecule has 18 heavy (non-hydrogen) atoms. The molecule has 108 valence electrons. The molecule has 0 unspecified atom stereocenters. The summed E-state index contributed by atoms with van der Waals surface area (Å²) in [5, 5.41) is 0. The van der Waals surface area contributed by atoms with Gasteiger partial charge in [0.25, 0.3) is 0 Å². The van der Waals surface area contributed by atoms with Gasteiger partial charge in [0, 0.05) is 19.1 Å². The summed E-state index contributed by atoms with van der Waals surface area (Å²) < 4.78 is 5.36. The second-order valence-electron chi connectivity index (χ2n) is 6.12. The molecule has 5 heteroatoms. The minimum Gasteiger partial charge on any atom is -0.444 e. The summed E-state index contributed by atoms with van der Waals surface area (Å²) in [5.74, 6) is 0.661. The van der Waals surface area contributed by atoms with Crippen molar-refractivity contribution in [3.8, 4) is 0 Å². The van der Waals surface area contributed by atoms with Crippen LogP contribution in [0.5, 0.6) is 0 Å². The number of nitrogens with zero attached hydrogens (tertiary/aromatic N) is 1. The van der Waals surface area contributed by atoms with Gasteiger partial charge in [-0.1, -0.05) is 0 Å². The Bertz CT molecular complexity index is 256. The molecule has 0 aromatic rings. The second-order valence-corrected chi connectivity index (χ2v) is 6.12. The number of hydrogen-bond acceptors (Lipinski definition) is 3. The Morgan fingerprint density at radius 1 is 1.39 bits per heavy atom. The van der Waals surface area contributed by atoms with Crippen LogP contribution in [0, 0.1) is 5.92 Å². The molecule has 1 rings (SSSR count). The number of hydrogen-bond donors (Lipinski definition) is 1. The van der Waals surface area contributed by atoms with Crippen LogP contribution in [0.25, 0.3) is 0 Å². The van der Waals surface area contributed by atoms with Gasteiger partial charge in [0.2, 0.25) is 0 Å². The highest BCUT2D eigenvalue weighted by molar-refractivity contribution is 5.85. The number of ether oxygens (including phenoxy) is 1. The number of amides is 1. The molecule has 2 N–H and O–H groups in total. The van der Waals surface area contributed by atoms with Crippen LogP contribution in [0.1, 0.15) is 47.0 Å². The first kappa shape index (κ1) is 17.5. The molecule has 0 aromatic heterocycles. The third-order valence-corrected chi connectivity index (χ3v) is 2.97. The number of nitrogens with two attached hydrogens (primary N) is 1. The lowest BCUT2D eigenvalue weighted by molar-refractivity contribution is 0.0180. The number of carbonyl (C=O) groups excluding carboxylic acids is 1. The third kappa shape index (κ3) is 6.45. The van der Waals surface area contributed by atoms with Gasteiger partial charge < -0.3 is 15.4 Å². The molecule has 1 heterocycles. The first-order chi connectivity index (χ1) is 7.78. The average molecular weight is 279 g/mol. The Morgan fingerprint density at radius 2 is 1.89 bits per heavy atom. The van der Waals surface area contributed by atoms with E-state index >= 15 is 0 Å². The number of halogens is 1. The van der Waals surface area contributed by atoms with Crippen LogP contribution in [-0.2, 0) is 4.74 Å². The van der Waals surface area contributed by atoms with Crippen molar-refractivity contribution < 1.29 is 9.53 Å². The summed E-state index contributed by atoms with van der Waals surface area (Å²) >= 11 is 0. The van der Waals surface area contributed by atoms with Crippen LogP contribution in [0.15, 0.2) is 0 Å². The zero-order valence-corrected chi connectivity index (χ0v) is 12.8. The Kier molecular flexibility index (Phi) is 7.00. The van der Waals surface area contributed by atoms with E-state index in [4.69, 9.17) is 10.5 Å². The molecule has 0 saturated carbocycles. The smallest absolute Gasteiger partial charge is 0.410 e. The highest BCUT2D eigenvalue weighted by atomic mass is 35.5. The number of carbonyl (C=O) groups is 1. The molecule has 1 aliphatic rings. The lowest BCUT2D eigenvalue weighted by atomic mass is 9.91. The molecule has 1 atom stereocenters. The van der Waals surface area contributed by atoms with Gasteiger partial charge in [-0.25, -0.2) is 4.79 Å². The minimum absolute atomic E-state index is 0. The Morgan fingerprint density at radius 3 is 2.28 bits per heavy atom. The van der Waals surface area contributed by atoms with E-state index in [0.717, 1.165) is 32.4 Å². The van der Waals surface area contributed by atoms with E-state index in [0.29, 0.717) is 5.92 Å². The summed E-state index contributed by atoms with van der Waals surface area (Å²) in [4.78, 5) is 13.6. The van der Waals surface area contributed by atoms with E-state index in [9.17, 15) is 4.79 Å². The van der Waals surface area contributed by atoms with E-state index in [1.807, 2.05) is 32.6 Å². The van der Waals surface area contributed by atoms with E-state index in [1.165, 1.54) is 0 Å². The van der Waals surface area contributed by atoms with Crippen molar-refractivity contribution in [2.24, 2.45) is 11.7 Å². The highest BCUT2D eigenvalue weighted by Gasteiger charge is 2.26. The second kappa shape index (κ2) is 7.19. The summed E-state index contributed by atoms with van der Waals surface area (Å²) in [7, 11) is 0. The standard InChI is InChI=1S/C13H26N2O2.ClH/c1-10(14)9-11-5-7-15(8-6-11)12(16)17-13(2,3)4;/h10-11H,5-9,14H2,1-4H3;1H/t10-;/m1./s1. The largest absolute Gasteiger partial charge is 0.444 e. The molecule has 1 amide bonds. The van der Waals surface area contributed by atoms with Gasteiger partial charge >= 0.3 is 6.09 Å². The number of likely N-dealkylation sites (tertiary alicyclic amines) is 1. The Balaban J connectivity index is 0.00000289. The summed E-state index contributed by atoms with van der Waals surface area (Å²) in [5.41, 5.74) is 5.39. The molecule has 4 nitrogen and oxygen atoms in total. The lowest BCUT2D eigenvalue weighted by Gasteiger charge is -2.33. The zero-order valence-electron chi connectivity index (χ0n) is 11.9. The van der Waals surface area contributed by atoms with E-state index in [2.05, 4.69) is 0 Å². The number of piperidine rings is 1. The Hall–Kier alpha value is -0.480. The molecule has 1 fully saturated rings. The quantitative estimate of drug-likeness (QED) is 0.845. The predicted octanol–water partition coefficient (Wildman–Crippen LogP) is 2.79. The zero-order chi connectivity index (χ0) is 13.1. The van der Waals surface area contributed by atoms with Crippen molar-refractivity contribution in [1.29, 1.82) is 0 Å². The van der Waals surface area contributed by atoms with Gasteiger partial charge in [0.1, 0.15) is 5.60 Å². The lowest BCUT2D eigenvalue weighted by Crippen LogP contribution is -2.42. The van der Waals surface area contributed by atoms with Gasteiger partial charge in [0.15, 0.2) is 0 Å². The van der Waals surface area contributed by atoms with Crippen LogP contribution in [-0.4, -0.2) is 35.7 Å². The van der Waals surface area contributed by atoms with E-state index < -0.39 is 5.60 Å². The molecule has 0 spiro atoms. The Labute approximate surface area is 117 Å². The van der Waals surface area contributed by atoms with Crippen molar-refractivity contribution in [1.82, 2.24) is 4.90 Å². The van der Waals surface area contributed by atoms with Crippen LogP contribution in [0.4, 0.5) is 4.79 Å². The van der Waals surface area contributed by atoms with E-state index in [-0.39, 0.29) is 24.5 Å². The molecule has 0 aliphatic carbocycles. The maximum Gasteiger partial charge on any atom is 0.410 e. The summed E-state index contributed by atoms with van der Waals surface area (Å²) in [6, 6.07) is 0.257. The fraction of sp³-hybridized carbons (Fsp3) is 0.923. The molecular weight excluding hydrogens is 252 g/mol. The molecular formula is C13H27ClN2O2. The maximum absolute atomic E-state index is 11.8. The SMILES string of the molecule is C[C@@H](N)CC1CCN(C(=O)OC(C)(C)C)CC1.Cl. The van der Waals surface area contributed by atoms with Crippen LogP contribution < -0.4 is 5.73 Å². The van der Waals surface area contributed by atoms with Gasteiger partial charge in [0.05, 0.1) is 0 Å². The van der Waals surface area contributed by atoms with Crippen molar-refractivity contribution in [3.05, 3.63) is 0 Å². The monoisotopic (exact) mass is 278 g/mol. The van der Waals surface area contributed by atoms with Crippen LogP contribution in [0.2, 0.25) is 0 Å². The minimum atomic E-state index is -0.403. The van der Waals surface area contributed by atoms with Gasteiger partial charge in [-0.2, -0.15) is 0 Å². The first-order valence-corrected chi connectivity index (χ1v) is 6.51. The summed E-state index contributed by atoms with van der Waals surface area (Å²) in [6.45, 7) is 9.33. The normalized spacial score (nSPS) is 19.1. The summed E-state index contributed by atoms with van der Waals surface area (Å²) in [6.07, 6.45) is 2.96. The predicted molar refractivity (Wildman–Crippen MR) is 76.0 cm³/mol. The van der Waals surface area contributed by atoms with Crippen molar-refractivity contribution in [2.75, 3.05) is 13.1 Å². The average Bonchev–Trinajstić information content (AvgIpc) is 2.15. The van der Waals surface area contributed by atoms with Crippen LogP contribution in [0.3, 0.4) is 0 Å². The topological polar surface area (TPSA) is 55.6 Å². The molecule has 1 saturated heterocycles. The van der Waals surface area contributed by atoms with Gasteiger partial charge in [-0.15, -0.1) is 12.4 Å². The number of rotatable bonds is 2. The highest BCUT2D eigenvalue weighted by Crippen LogP contribution is 2.22. The third-order valence-electron chi connectivity index (χ3n) is 2.97. The molecule has 1 aliphatic heterocycles.